The number of hydrogen-bond acceptors (Lipinski definition) is 4. The van der Waals surface area contributed by atoms with Crippen molar-refractivity contribution in [3.05, 3.63) is 69.9 Å². The second kappa shape index (κ2) is 9.01. The summed E-state index contributed by atoms with van der Waals surface area (Å²) in [6.45, 7) is 8.40. The van der Waals surface area contributed by atoms with E-state index < -0.39 is 0 Å². The number of nitrogens with zero attached hydrogens (tertiary/aromatic N) is 4. The van der Waals surface area contributed by atoms with E-state index in [0.717, 1.165) is 30.7 Å². The van der Waals surface area contributed by atoms with Crippen molar-refractivity contribution in [2.75, 3.05) is 6.54 Å². The molecule has 3 rings (SSSR count). The molecule has 7 heteroatoms. The van der Waals surface area contributed by atoms with Crippen molar-refractivity contribution >= 4 is 17.3 Å². The first-order valence-electron chi connectivity index (χ1n) is 9.41. The molecule has 0 bridgehead atoms. The quantitative estimate of drug-likeness (QED) is 0.474. The maximum atomic E-state index is 4.74. The van der Waals surface area contributed by atoms with Crippen LogP contribution in [0.15, 0.2) is 52.8 Å². The monoisotopic (exact) mass is 396 g/mol. The molecule has 1 aromatic carbocycles. The van der Waals surface area contributed by atoms with Crippen LogP contribution in [0.1, 0.15) is 35.9 Å². The molecule has 0 aliphatic carbocycles. The van der Waals surface area contributed by atoms with E-state index in [-0.39, 0.29) is 5.41 Å². The average molecular weight is 397 g/mol. The zero-order valence-electron chi connectivity index (χ0n) is 16.9. The Labute approximate surface area is 170 Å². The van der Waals surface area contributed by atoms with Crippen molar-refractivity contribution in [2.24, 2.45) is 12.0 Å². The fourth-order valence-electron chi connectivity index (χ4n) is 2.79. The van der Waals surface area contributed by atoms with E-state index in [2.05, 4.69) is 76.5 Å². The molecule has 6 nitrogen and oxygen atoms in total. The molecule has 0 spiro atoms. The second-order valence-corrected chi connectivity index (χ2v) is 8.46. The third-order valence-corrected chi connectivity index (χ3v) is 5.70. The van der Waals surface area contributed by atoms with Gasteiger partial charge >= 0.3 is 0 Å². The molecular weight excluding hydrogens is 368 g/mol. The summed E-state index contributed by atoms with van der Waals surface area (Å²) in [5, 5.41) is 17.3. The van der Waals surface area contributed by atoms with E-state index in [1.165, 1.54) is 10.4 Å². The standard InChI is InChI=1S/C21H28N6S/c1-16-25-26-19(27(16)4)14-23-20(22-13-18-11-8-12-28-18)24-15-21(2,3)17-9-6-5-7-10-17/h5-12H,13-15H2,1-4H3,(H2,22,23,24). The molecule has 2 N–H and O–H groups in total. The van der Waals surface area contributed by atoms with Gasteiger partial charge in [-0.05, 0) is 23.9 Å². The Morgan fingerprint density at radius 1 is 1.11 bits per heavy atom. The fourth-order valence-corrected chi connectivity index (χ4v) is 3.44. The first-order chi connectivity index (χ1) is 13.5. The molecule has 3 aromatic rings. The van der Waals surface area contributed by atoms with Crippen LogP contribution in [0.2, 0.25) is 0 Å². The maximum Gasteiger partial charge on any atom is 0.192 e. The second-order valence-electron chi connectivity index (χ2n) is 7.42. The van der Waals surface area contributed by atoms with Gasteiger partial charge in [-0.25, -0.2) is 4.99 Å². The lowest BCUT2D eigenvalue weighted by Crippen LogP contribution is -2.43. The van der Waals surface area contributed by atoms with Crippen molar-refractivity contribution in [1.82, 2.24) is 25.4 Å². The predicted octanol–water partition coefficient (Wildman–Crippen LogP) is 3.40. The lowest BCUT2D eigenvalue weighted by molar-refractivity contribution is 0.508. The zero-order valence-corrected chi connectivity index (χ0v) is 17.8. The first-order valence-corrected chi connectivity index (χ1v) is 10.3. The molecule has 0 aliphatic rings. The van der Waals surface area contributed by atoms with Crippen LogP contribution in [-0.2, 0) is 25.6 Å². The highest BCUT2D eigenvalue weighted by molar-refractivity contribution is 7.09. The molecule has 2 heterocycles. The lowest BCUT2D eigenvalue weighted by atomic mass is 9.85. The van der Waals surface area contributed by atoms with Crippen LogP contribution in [0.5, 0.6) is 0 Å². The molecule has 0 atom stereocenters. The Morgan fingerprint density at radius 2 is 1.89 bits per heavy atom. The first kappa shape index (κ1) is 20.1. The molecule has 0 saturated carbocycles. The highest BCUT2D eigenvalue weighted by atomic mass is 32.1. The van der Waals surface area contributed by atoms with Crippen LogP contribution in [0.4, 0.5) is 0 Å². The summed E-state index contributed by atoms with van der Waals surface area (Å²) in [6.07, 6.45) is 0. The summed E-state index contributed by atoms with van der Waals surface area (Å²) in [4.78, 5) is 6.01. The van der Waals surface area contributed by atoms with Crippen molar-refractivity contribution in [3.8, 4) is 0 Å². The summed E-state index contributed by atoms with van der Waals surface area (Å²) in [5.41, 5.74) is 1.28. The van der Waals surface area contributed by atoms with Gasteiger partial charge < -0.3 is 15.2 Å². The van der Waals surface area contributed by atoms with Gasteiger partial charge in [0.2, 0.25) is 0 Å². The van der Waals surface area contributed by atoms with Gasteiger partial charge in [-0.1, -0.05) is 50.2 Å². The number of thiophene rings is 1. The normalized spacial score (nSPS) is 12.2. The summed E-state index contributed by atoms with van der Waals surface area (Å²) >= 11 is 1.73. The molecule has 28 heavy (non-hydrogen) atoms. The van der Waals surface area contributed by atoms with E-state index >= 15 is 0 Å². The fraction of sp³-hybridized carbons (Fsp3) is 0.381. The van der Waals surface area contributed by atoms with Gasteiger partial charge in [0.15, 0.2) is 11.8 Å². The van der Waals surface area contributed by atoms with Crippen molar-refractivity contribution in [2.45, 2.75) is 39.3 Å². The van der Waals surface area contributed by atoms with Gasteiger partial charge in [0, 0.05) is 23.9 Å². The van der Waals surface area contributed by atoms with E-state index in [1.807, 2.05) is 24.6 Å². The Hall–Kier alpha value is -2.67. The van der Waals surface area contributed by atoms with Gasteiger partial charge in [0.1, 0.15) is 12.4 Å². The zero-order chi connectivity index (χ0) is 20.0. The number of rotatable bonds is 7. The summed E-state index contributed by atoms with van der Waals surface area (Å²) in [7, 11) is 1.96. The van der Waals surface area contributed by atoms with Gasteiger partial charge in [0.25, 0.3) is 0 Å². The average Bonchev–Trinajstić information content (AvgIpc) is 3.33. The number of guanidine groups is 1. The minimum Gasteiger partial charge on any atom is -0.356 e. The topological polar surface area (TPSA) is 67.1 Å². The number of aromatic nitrogens is 3. The molecule has 0 amide bonds. The number of aliphatic imine (C=N–C) groups is 1. The summed E-state index contributed by atoms with van der Waals surface area (Å²) < 4.78 is 1.97. The molecule has 148 valence electrons. The van der Waals surface area contributed by atoms with Gasteiger partial charge in [0.05, 0.1) is 6.54 Å². The number of aryl methyl sites for hydroxylation is 1. The van der Waals surface area contributed by atoms with E-state index in [1.54, 1.807) is 11.3 Å². The highest BCUT2D eigenvalue weighted by Crippen LogP contribution is 2.21. The van der Waals surface area contributed by atoms with Crippen molar-refractivity contribution < 1.29 is 0 Å². The molecule has 0 saturated heterocycles. The lowest BCUT2D eigenvalue weighted by Gasteiger charge is -2.26. The molecule has 2 aromatic heterocycles. The van der Waals surface area contributed by atoms with Crippen molar-refractivity contribution in [3.63, 3.8) is 0 Å². The number of nitrogens with one attached hydrogen (secondary N) is 2. The Kier molecular flexibility index (Phi) is 6.46. The Morgan fingerprint density at radius 3 is 2.54 bits per heavy atom. The minimum atomic E-state index is -0.0198. The third kappa shape index (κ3) is 5.19. The molecule has 0 aliphatic heterocycles. The smallest absolute Gasteiger partial charge is 0.192 e. The Bertz CT molecular complexity index is 896. The van der Waals surface area contributed by atoms with Crippen LogP contribution < -0.4 is 10.6 Å². The number of hydrogen-bond donors (Lipinski definition) is 2. The molecule has 0 radical (unpaired) electrons. The van der Waals surface area contributed by atoms with E-state index in [4.69, 9.17) is 4.99 Å². The van der Waals surface area contributed by atoms with E-state index in [0.29, 0.717) is 6.54 Å². The maximum absolute atomic E-state index is 4.74. The summed E-state index contributed by atoms with van der Waals surface area (Å²) in [6, 6.07) is 14.7. The third-order valence-electron chi connectivity index (χ3n) is 4.82. The minimum absolute atomic E-state index is 0.0198. The number of benzene rings is 1. The van der Waals surface area contributed by atoms with Gasteiger partial charge in [-0.3, -0.25) is 0 Å². The predicted molar refractivity (Wildman–Crippen MR) is 116 cm³/mol. The van der Waals surface area contributed by atoms with Gasteiger partial charge in [-0.2, -0.15) is 0 Å². The molecule has 0 fully saturated rings. The summed E-state index contributed by atoms with van der Waals surface area (Å²) in [5.74, 6) is 2.51. The molecule has 0 unspecified atom stereocenters. The van der Waals surface area contributed by atoms with Gasteiger partial charge in [-0.15, -0.1) is 21.5 Å². The van der Waals surface area contributed by atoms with Crippen LogP contribution >= 0.6 is 11.3 Å². The SMILES string of the molecule is Cc1nnc(CN=C(NCc2cccs2)NCC(C)(C)c2ccccc2)n1C. The van der Waals surface area contributed by atoms with Crippen molar-refractivity contribution in [1.29, 1.82) is 0 Å². The van der Waals surface area contributed by atoms with Crippen LogP contribution in [-0.4, -0.2) is 27.3 Å². The largest absolute Gasteiger partial charge is 0.356 e. The van der Waals surface area contributed by atoms with Crippen LogP contribution in [0.3, 0.4) is 0 Å². The highest BCUT2D eigenvalue weighted by Gasteiger charge is 2.20. The van der Waals surface area contributed by atoms with Crippen LogP contribution in [0, 0.1) is 6.92 Å². The Balaban J connectivity index is 1.69. The van der Waals surface area contributed by atoms with Crippen LogP contribution in [0.25, 0.3) is 0 Å². The van der Waals surface area contributed by atoms with E-state index in [9.17, 15) is 0 Å². The molecular formula is C21H28N6S.